The molecule has 0 aromatic heterocycles. The van der Waals surface area contributed by atoms with Crippen LogP contribution >= 0.6 is 11.6 Å². The molecular formula is C15H14ClILiMgO. The zero-order valence-corrected chi connectivity index (χ0v) is 16.2. The van der Waals surface area contributed by atoms with Gasteiger partial charge in [0.25, 0.3) is 0 Å². The van der Waals surface area contributed by atoms with Gasteiger partial charge in [0.15, 0.2) is 0 Å². The Kier molecular flexibility index (Phi) is 14.0. The summed E-state index contributed by atoms with van der Waals surface area (Å²) in [6.07, 6.45) is 0.822. The Balaban J connectivity index is 0. The number of rotatable bonds is 4. The van der Waals surface area contributed by atoms with Crippen molar-refractivity contribution in [3.63, 3.8) is 0 Å². The first-order chi connectivity index (χ1) is 8.29. The summed E-state index contributed by atoms with van der Waals surface area (Å²) in [6.45, 7) is 2.67. The number of hydrogen-bond acceptors (Lipinski definition) is 1. The first kappa shape index (κ1) is 22.9. The molecule has 0 spiro atoms. The van der Waals surface area contributed by atoms with E-state index in [2.05, 4.69) is 18.2 Å². The van der Waals surface area contributed by atoms with E-state index in [0.29, 0.717) is 6.61 Å². The van der Waals surface area contributed by atoms with Crippen molar-refractivity contribution in [1.82, 2.24) is 0 Å². The summed E-state index contributed by atoms with van der Waals surface area (Å²) in [5.41, 5.74) is 2.31. The third-order valence-electron chi connectivity index (χ3n) is 2.52. The van der Waals surface area contributed by atoms with Crippen molar-refractivity contribution >= 4 is 53.5 Å². The van der Waals surface area contributed by atoms with Gasteiger partial charge < -0.3 is 28.7 Å². The molecular weight excluding hydrogens is 390 g/mol. The Morgan fingerprint density at radius 3 is 2.35 bits per heavy atom. The third kappa shape index (κ3) is 7.06. The molecule has 97 valence electrons. The van der Waals surface area contributed by atoms with Crippen LogP contribution in [0, 0.1) is 6.07 Å². The van der Waals surface area contributed by atoms with Crippen molar-refractivity contribution in [2.24, 2.45) is 0 Å². The van der Waals surface area contributed by atoms with Crippen LogP contribution in [0.4, 0.5) is 0 Å². The molecule has 0 N–H and O–H groups in total. The van der Waals surface area contributed by atoms with Crippen LogP contribution < -0.4 is 28.7 Å². The summed E-state index contributed by atoms with van der Waals surface area (Å²) in [5, 5.41) is 0.789. The van der Waals surface area contributed by atoms with Crippen molar-refractivity contribution in [2.45, 2.75) is 13.3 Å². The molecule has 0 saturated carbocycles. The monoisotopic (exact) mass is 403 g/mol. The van der Waals surface area contributed by atoms with Crippen LogP contribution in [-0.4, -0.2) is 48.5 Å². The average molecular weight is 404 g/mol. The van der Waals surface area contributed by atoms with Crippen LogP contribution in [-0.2, 0) is 6.42 Å². The predicted molar refractivity (Wildman–Crippen MR) is 82.2 cm³/mol. The van der Waals surface area contributed by atoms with Gasteiger partial charge in [-0.25, -0.2) is 0 Å². The number of halogens is 2. The molecule has 0 bridgehead atoms. The van der Waals surface area contributed by atoms with Crippen LogP contribution in [0.2, 0.25) is 5.02 Å². The Morgan fingerprint density at radius 2 is 1.80 bits per heavy atom. The van der Waals surface area contributed by atoms with E-state index in [1.54, 1.807) is 0 Å². The molecule has 0 atom stereocenters. The van der Waals surface area contributed by atoms with Crippen LogP contribution in [0.25, 0.3) is 0 Å². The minimum absolute atomic E-state index is 0. The molecule has 2 aromatic rings. The Morgan fingerprint density at radius 1 is 1.15 bits per heavy atom. The summed E-state index contributed by atoms with van der Waals surface area (Å²) in [7, 11) is 0. The second-order valence-corrected chi connectivity index (χ2v) is 4.18. The van der Waals surface area contributed by atoms with Gasteiger partial charge in [0.05, 0.1) is 6.61 Å². The van der Waals surface area contributed by atoms with E-state index in [1.165, 1.54) is 5.56 Å². The first-order valence-electron chi connectivity index (χ1n) is 5.66. The van der Waals surface area contributed by atoms with Crippen LogP contribution in [0.3, 0.4) is 0 Å². The maximum absolute atomic E-state index is 6.11. The summed E-state index contributed by atoms with van der Waals surface area (Å²) >= 11 is 6.11. The van der Waals surface area contributed by atoms with Gasteiger partial charge in [-0.3, -0.25) is 0 Å². The molecule has 1 nitrogen and oxygen atoms in total. The Labute approximate surface area is 171 Å². The molecule has 0 heterocycles. The van der Waals surface area contributed by atoms with E-state index in [9.17, 15) is 0 Å². The van der Waals surface area contributed by atoms with Gasteiger partial charge >= 0.3 is 23.1 Å². The van der Waals surface area contributed by atoms with Crippen LogP contribution in [0.1, 0.15) is 18.1 Å². The topological polar surface area (TPSA) is 9.23 Å². The largest absolute Gasteiger partial charge is 2.00 e. The van der Waals surface area contributed by atoms with Gasteiger partial charge in [-0.1, -0.05) is 22.7 Å². The minimum Gasteiger partial charge on any atom is -1.00 e. The number of benzene rings is 2. The SMILES string of the molecule is CCOc1ccc(Cc2c[c-]ccc2Cl)cc1.[I-].[Li].[Mg+2]. The van der Waals surface area contributed by atoms with Gasteiger partial charge in [-0.05, 0) is 25.5 Å². The van der Waals surface area contributed by atoms with Gasteiger partial charge in [0.1, 0.15) is 5.75 Å². The normalized spacial score (nSPS) is 8.70. The minimum atomic E-state index is 0. The van der Waals surface area contributed by atoms with E-state index < -0.39 is 0 Å². The summed E-state index contributed by atoms with van der Waals surface area (Å²) in [6, 6.07) is 16.8. The zero-order valence-electron chi connectivity index (χ0n) is 11.8. The summed E-state index contributed by atoms with van der Waals surface area (Å²) in [5.74, 6) is 0.905. The van der Waals surface area contributed by atoms with Gasteiger partial charge in [0.2, 0.25) is 0 Å². The smallest absolute Gasteiger partial charge is 1.00 e. The first-order valence-corrected chi connectivity index (χ1v) is 6.03. The molecule has 0 aliphatic rings. The van der Waals surface area contributed by atoms with Crippen molar-refractivity contribution in [1.29, 1.82) is 0 Å². The quantitative estimate of drug-likeness (QED) is 0.407. The van der Waals surface area contributed by atoms with Gasteiger partial charge in [-0.2, -0.15) is 24.3 Å². The van der Waals surface area contributed by atoms with E-state index in [-0.39, 0.29) is 65.9 Å². The molecule has 0 unspecified atom stereocenters. The number of ether oxygens (including phenoxy) is 1. The fraction of sp³-hybridized carbons (Fsp3) is 0.200. The average Bonchev–Trinajstić information content (AvgIpc) is 2.35. The van der Waals surface area contributed by atoms with Crippen molar-refractivity contribution < 1.29 is 28.7 Å². The zero-order chi connectivity index (χ0) is 12.1. The summed E-state index contributed by atoms with van der Waals surface area (Å²) in [4.78, 5) is 0. The molecule has 0 aliphatic heterocycles. The molecule has 5 heteroatoms. The van der Waals surface area contributed by atoms with E-state index >= 15 is 0 Å². The van der Waals surface area contributed by atoms with Crippen LogP contribution in [0.5, 0.6) is 5.75 Å². The molecule has 0 saturated heterocycles. The fourth-order valence-electron chi connectivity index (χ4n) is 1.67. The van der Waals surface area contributed by atoms with Gasteiger partial charge in [0, 0.05) is 18.9 Å². The second-order valence-electron chi connectivity index (χ2n) is 3.77. The fourth-order valence-corrected chi connectivity index (χ4v) is 1.86. The van der Waals surface area contributed by atoms with E-state index in [1.807, 2.05) is 37.3 Å². The standard InChI is InChI=1S/C15H14ClO.HI.Li.Mg/c1-2-17-14-9-7-12(8-10-14)11-13-5-3-4-6-15(13)16;;;/h4-10H,2,11H2,1H3;1H;;/q-1;;;+2/p-1. The second kappa shape index (κ2) is 12.2. The van der Waals surface area contributed by atoms with Crippen molar-refractivity contribution in [3.05, 3.63) is 64.7 Å². The maximum atomic E-state index is 6.11. The Hall–Kier alpha value is 0.624. The molecule has 2 aromatic carbocycles. The van der Waals surface area contributed by atoms with Crippen LogP contribution in [0.15, 0.2) is 42.5 Å². The van der Waals surface area contributed by atoms with Gasteiger partial charge in [-0.15, -0.1) is 17.2 Å². The predicted octanol–water partition coefficient (Wildman–Crippen LogP) is 0.372. The molecule has 20 heavy (non-hydrogen) atoms. The van der Waals surface area contributed by atoms with Crippen molar-refractivity contribution in [2.75, 3.05) is 6.61 Å². The number of hydrogen-bond donors (Lipinski definition) is 0. The van der Waals surface area contributed by atoms with E-state index in [0.717, 1.165) is 22.8 Å². The van der Waals surface area contributed by atoms with Crippen molar-refractivity contribution in [3.8, 4) is 5.75 Å². The van der Waals surface area contributed by atoms with E-state index in [4.69, 9.17) is 16.3 Å². The summed E-state index contributed by atoms with van der Waals surface area (Å²) < 4.78 is 5.40. The molecule has 2 rings (SSSR count). The third-order valence-corrected chi connectivity index (χ3v) is 2.89. The molecule has 0 amide bonds. The molecule has 1 radical (unpaired) electrons. The molecule has 0 aliphatic carbocycles. The molecule has 0 fully saturated rings. The maximum Gasteiger partial charge on any atom is 2.00 e. The Bertz CT molecular complexity index is 493.